The number of hydrogen-bond acceptors (Lipinski definition) is 1. The molecule has 12 rings (SSSR count). The molecule has 4 heteroatoms. The summed E-state index contributed by atoms with van der Waals surface area (Å²) in [6, 6.07) is 71.5. The van der Waals surface area contributed by atoms with Crippen molar-refractivity contribution in [2.75, 3.05) is 5.32 Å². The third kappa shape index (κ3) is 5.58. The smallest absolute Gasteiger partial charge is 0.252 e. The van der Waals surface area contributed by atoms with E-state index in [1.54, 1.807) is 0 Å². The molecule has 1 aromatic heterocycles. The van der Waals surface area contributed by atoms with Gasteiger partial charge in [-0.3, -0.25) is 0 Å². The molecule has 3 heterocycles. The first kappa shape index (κ1) is 36.8. The van der Waals surface area contributed by atoms with Gasteiger partial charge in [-0.15, -0.1) is 0 Å². The fourth-order valence-electron chi connectivity index (χ4n) is 10.5. The molecule has 0 atom stereocenters. The van der Waals surface area contributed by atoms with Crippen molar-refractivity contribution in [2.24, 2.45) is 0 Å². The Hall–Kier alpha value is -7.07. The minimum atomic E-state index is -0.231. The molecule has 0 aliphatic carbocycles. The second-order valence-electron chi connectivity index (χ2n) is 17.8. The van der Waals surface area contributed by atoms with E-state index in [0.29, 0.717) is 5.02 Å². The van der Waals surface area contributed by atoms with Gasteiger partial charge in [-0.2, -0.15) is 0 Å². The average molecular weight is 813 g/mol. The van der Waals surface area contributed by atoms with Gasteiger partial charge in [-0.05, 0) is 89.4 Å². The molecule has 1 N–H and O–H groups in total. The largest absolute Gasteiger partial charge is 0.356 e. The van der Waals surface area contributed by atoms with E-state index in [0.717, 1.165) is 11.4 Å². The van der Waals surface area contributed by atoms with Crippen LogP contribution in [0, 0.1) is 0 Å². The van der Waals surface area contributed by atoms with Crippen LogP contribution in [0.25, 0.3) is 82.4 Å². The number of halogens is 1. The van der Waals surface area contributed by atoms with Crippen molar-refractivity contribution in [1.82, 2.24) is 4.57 Å². The third-order valence-electron chi connectivity index (χ3n) is 13.2. The summed E-state index contributed by atoms with van der Waals surface area (Å²) in [7, 11) is 0. The van der Waals surface area contributed by atoms with Gasteiger partial charge in [0.25, 0.3) is 6.71 Å². The monoisotopic (exact) mass is 812 g/mol. The van der Waals surface area contributed by atoms with Crippen molar-refractivity contribution in [3.63, 3.8) is 0 Å². The normalized spacial score (nSPS) is 12.6. The van der Waals surface area contributed by atoms with E-state index >= 15 is 0 Å². The van der Waals surface area contributed by atoms with Crippen molar-refractivity contribution in [2.45, 2.75) is 26.2 Å². The molecule has 0 bridgehead atoms. The molecule has 62 heavy (non-hydrogen) atoms. The number of benzene rings is 9. The zero-order chi connectivity index (χ0) is 41.7. The molecule has 0 unspecified atom stereocenters. The van der Waals surface area contributed by atoms with Gasteiger partial charge in [0.1, 0.15) is 0 Å². The lowest BCUT2D eigenvalue weighted by atomic mass is 9.33. The molecule has 0 fully saturated rings. The Morgan fingerprint density at radius 2 is 1.00 bits per heavy atom. The van der Waals surface area contributed by atoms with Gasteiger partial charge in [-0.1, -0.05) is 208 Å². The number of aromatic nitrogens is 1. The second-order valence-corrected chi connectivity index (χ2v) is 18.3. The van der Waals surface area contributed by atoms with Crippen LogP contribution in [0.3, 0.4) is 0 Å². The van der Waals surface area contributed by atoms with Gasteiger partial charge in [-0.25, -0.2) is 0 Å². The van der Waals surface area contributed by atoms with E-state index in [-0.39, 0.29) is 12.1 Å². The summed E-state index contributed by atoms with van der Waals surface area (Å²) < 4.78 is 2.65. The van der Waals surface area contributed by atoms with E-state index in [9.17, 15) is 0 Å². The minimum absolute atomic E-state index is 0.0706. The maximum absolute atomic E-state index is 6.90. The predicted octanol–water partition coefficient (Wildman–Crippen LogP) is 14.1. The molecular formula is C58H42BClN2. The van der Waals surface area contributed by atoms with Crippen molar-refractivity contribution in [3.05, 3.63) is 205 Å². The van der Waals surface area contributed by atoms with Crippen molar-refractivity contribution in [3.8, 4) is 39.1 Å². The first-order valence-electron chi connectivity index (χ1n) is 21.6. The molecule has 0 amide bonds. The topological polar surface area (TPSA) is 17.0 Å². The van der Waals surface area contributed by atoms with Crippen LogP contribution in [0.4, 0.5) is 11.4 Å². The van der Waals surface area contributed by atoms with Crippen LogP contribution in [0.1, 0.15) is 26.3 Å². The summed E-state index contributed by atoms with van der Waals surface area (Å²) in [6.45, 7) is 6.99. The van der Waals surface area contributed by atoms with Crippen molar-refractivity contribution in [1.29, 1.82) is 0 Å². The average Bonchev–Trinajstić information content (AvgIpc) is 3.35. The van der Waals surface area contributed by atoms with Crippen molar-refractivity contribution >= 4 is 89.4 Å². The first-order valence-corrected chi connectivity index (χ1v) is 22.0. The fraction of sp³-hybridized carbons (Fsp3) is 0.0690. The molecule has 0 radical (unpaired) electrons. The van der Waals surface area contributed by atoms with E-state index in [2.05, 4.69) is 225 Å². The van der Waals surface area contributed by atoms with Crippen LogP contribution >= 0.6 is 11.6 Å². The Bertz CT molecular complexity index is 3530. The molecule has 9 aromatic carbocycles. The molecule has 2 nitrogen and oxygen atoms in total. The highest BCUT2D eigenvalue weighted by Gasteiger charge is 2.41. The van der Waals surface area contributed by atoms with Crippen LogP contribution in [-0.4, -0.2) is 11.3 Å². The number of rotatable bonds is 3. The lowest BCUT2D eigenvalue weighted by Gasteiger charge is -2.39. The van der Waals surface area contributed by atoms with Crippen molar-refractivity contribution < 1.29 is 0 Å². The van der Waals surface area contributed by atoms with Crippen LogP contribution in [0.15, 0.2) is 194 Å². The molecule has 294 valence electrons. The predicted molar refractivity (Wildman–Crippen MR) is 268 cm³/mol. The van der Waals surface area contributed by atoms with E-state index in [4.69, 9.17) is 11.6 Å². The van der Waals surface area contributed by atoms with E-state index in [1.807, 2.05) is 0 Å². The molecule has 2 aliphatic rings. The molecule has 0 spiro atoms. The lowest BCUT2D eigenvalue weighted by molar-refractivity contribution is 0.592. The molecular weight excluding hydrogens is 771 g/mol. The van der Waals surface area contributed by atoms with Crippen LogP contribution in [-0.2, 0) is 5.41 Å². The summed E-state index contributed by atoms with van der Waals surface area (Å²) in [5.74, 6) is 0. The summed E-state index contributed by atoms with van der Waals surface area (Å²) in [5, 5.41) is 12.1. The Morgan fingerprint density at radius 1 is 0.468 bits per heavy atom. The zero-order valence-electron chi connectivity index (χ0n) is 34.9. The number of nitrogens with one attached hydrogen (secondary N) is 1. The Labute approximate surface area is 367 Å². The summed E-state index contributed by atoms with van der Waals surface area (Å²) in [6.07, 6.45) is 0. The molecule has 10 aromatic rings. The first-order chi connectivity index (χ1) is 30.3. The van der Waals surface area contributed by atoms with E-state index < -0.39 is 0 Å². The van der Waals surface area contributed by atoms with Crippen LogP contribution < -0.4 is 21.7 Å². The highest BCUT2D eigenvalue weighted by Crippen LogP contribution is 2.46. The molecule has 0 saturated heterocycles. The number of fused-ring (bicyclic) bond motifs is 11. The second kappa shape index (κ2) is 14.0. The van der Waals surface area contributed by atoms with Crippen LogP contribution in [0.2, 0.25) is 5.02 Å². The fourth-order valence-corrected chi connectivity index (χ4v) is 10.7. The number of para-hydroxylation sites is 2. The van der Waals surface area contributed by atoms with Gasteiger partial charge in [0.05, 0.1) is 5.52 Å². The Kier molecular flexibility index (Phi) is 8.29. The summed E-state index contributed by atoms with van der Waals surface area (Å²) in [5.41, 5.74) is 17.7. The van der Waals surface area contributed by atoms with Crippen LogP contribution in [0.5, 0.6) is 0 Å². The standard InChI is InChI=1S/C58H42BClN2/c1-58(2,3)48-35-52-54-55(53(48)39-30-28-37(29-31-39)36-16-6-4-7-17-36)61-51-34-40(60)32-33-49(51)59(54)50-27-15-26-47-45-23-13-11-21-43(45)42-20-10-12-22-44(42)46-25-14-24-41(38-18-8-5-9-19-38)56(46)62(52)57(47)50/h4-35,61H,1-3H3. The van der Waals surface area contributed by atoms with Gasteiger partial charge >= 0.3 is 0 Å². The SMILES string of the molecule is CC(C)(C)c1cc2c3c(c1-c1ccc(-c4ccccc4)cc1)Nc1cc(Cl)ccc1B3c1cccc3c4ccccc4c4ccccc4c4cccc(-c5ccccc5)c4n-2c13. The number of anilines is 2. The number of hydrogen-bond donors (Lipinski definition) is 1. The number of nitrogens with zero attached hydrogens (tertiary/aromatic N) is 1. The highest BCUT2D eigenvalue weighted by molar-refractivity contribution is 7.00. The zero-order valence-corrected chi connectivity index (χ0v) is 35.6. The quantitative estimate of drug-likeness (QED) is 0.176. The Morgan fingerprint density at radius 3 is 1.65 bits per heavy atom. The maximum atomic E-state index is 6.90. The third-order valence-corrected chi connectivity index (χ3v) is 13.5. The van der Waals surface area contributed by atoms with Gasteiger partial charge < -0.3 is 9.88 Å². The molecule has 2 aliphatic heterocycles. The minimum Gasteiger partial charge on any atom is -0.356 e. The van der Waals surface area contributed by atoms with Gasteiger partial charge in [0.2, 0.25) is 0 Å². The summed E-state index contributed by atoms with van der Waals surface area (Å²) >= 11 is 6.90. The van der Waals surface area contributed by atoms with Gasteiger partial charge in [0, 0.05) is 49.5 Å². The summed E-state index contributed by atoms with van der Waals surface area (Å²) in [4.78, 5) is 0. The molecule has 0 saturated carbocycles. The van der Waals surface area contributed by atoms with E-state index in [1.165, 1.54) is 104 Å². The van der Waals surface area contributed by atoms with Gasteiger partial charge in [0.15, 0.2) is 0 Å². The lowest BCUT2D eigenvalue weighted by Crippen LogP contribution is -2.59. The maximum Gasteiger partial charge on any atom is 0.252 e. The highest BCUT2D eigenvalue weighted by atomic mass is 35.5. The Balaban J connectivity index is 1.34.